The van der Waals surface area contributed by atoms with Crippen LogP contribution in [0.15, 0.2) is 18.3 Å². The SMILES string of the molecule is CC(C)c1cc(C#N)c(N2CC(CS(C)(=O)=O)C2)c2cnc(Cl)cc12. The lowest BCUT2D eigenvalue weighted by molar-refractivity contribution is 0.445. The fourth-order valence-corrected chi connectivity index (χ4v) is 4.72. The van der Waals surface area contributed by atoms with Gasteiger partial charge in [0.15, 0.2) is 0 Å². The van der Waals surface area contributed by atoms with Gasteiger partial charge in [-0.1, -0.05) is 25.4 Å². The molecule has 0 amide bonds. The molecule has 2 aromatic rings. The van der Waals surface area contributed by atoms with Crippen LogP contribution in [0.3, 0.4) is 0 Å². The molecule has 0 N–H and O–H groups in total. The average molecular weight is 378 g/mol. The Hall–Kier alpha value is -1.84. The molecular formula is C18H20ClN3O2S. The largest absolute Gasteiger partial charge is 0.369 e. The number of halogens is 1. The number of aromatic nitrogens is 1. The van der Waals surface area contributed by atoms with E-state index in [1.807, 2.05) is 12.1 Å². The molecule has 1 fully saturated rings. The zero-order chi connectivity index (χ0) is 18.4. The first kappa shape index (κ1) is 18.0. The molecule has 25 heavy (non-hydrogen) atoms. The van der Waals surface area contributed by atoms with Gasteiger partial charge >= 0.3 is 0 Å². The van der Waals surface area contributed by atoms with Gasteiger partial charge in [-0.15, -0.1) is 0 Å². The van der Waals surface area contributed by atoms with Crippen molar-refractivity contribution in [1.29, 1.82) is 5.26 Å². The summed E-state index contributed by atoms with van der Waals surface area (Å²) >= 11 is 6.09. The summed E-state index contributed by atoms with van der Waals surface area (Å²) in [5.41, 5.74) is 2.49. The van der Waals surface area contributed by atoms with Crippen LogP contribution in [0.4, 0.5) is 5.69 Å². The van der Waals surface area contributed by atoms with Gasteiger partial charge in [0, 0.05) is 36.8 Å². The van der Waals surface area contributed by atoms with E-state index < -0.39 is 9.84 Å². The number of rotatable bonds is 4. The first-order chi connectivity index (χ1) is 11.7. The maximum absolute atomic E-state index is 11.5. The zero-order valence-corrected chi connectivity index (χ0v) is 16.0. The molecule has 3 rings (SSSR count). The number of anilines is 1. The van der Waals surface area contributed by atoms with Gasteiger partial charge in [0.05, 0.1) is 17.0 Å². The topological polar surface area (TPSA) is 74.1 Å². The minimum absolute atomic E-state index is 0.0987. The predicted octanol–water partition coefficient (Wildman–Crippen LogP) is 3.36. The molecule has 1 aliphatic heterocycles. The van der Waals surface area contributed by atoms with Gasteiger partial charge in [0.25, 0.3) is 0 Å². The van der Waals surface area contributed by atoms with Gasteiger partial charge in [0.1, 0.15) is 21.1 Å². The summed E-state index contributed by atoms with van der Waals surface area (Å²) in [5.74, 6) is 0.524. The van der Waals surface area contributed by atoms with Crippen molar-refractivity contribution in [2.45, 2.75) is 19.8 Å². The number of sulfone groups is 1. The minimum Gasteiger partial charge on any atom is -0.369 e. The Bertz CT molecular complexity index is 974. The number of pyridine rings is 1. The normalized spacial score (nSPS) is 15.4. The third kappa shape index (κ3) is 3.58. The second-order valence-corrected chi connectivity index (χ2v) is 9.62. The summed E-state index contributed by atoms with van der Waals surface area (Å²) in [5, 5.41) is 11.9. The maximum atomic E-state index is 11.5. The van der Waals surface area contributed by atoms with Crippen molar-refractivity contribution in [2.24, 2.45) is 5.92 Å². The maximum Gasteiger partial charge on any atom is 0.147 e. The minimum atomic E-state index is -2.99. The molecular weight excluding hydrogens is 358 g/mol. The number of hydrogen-bond donors (Lipinski definition) is 0. The molecule has 132 valence electrons. The van der Waals surface area contributed by atoms with Crippen molar-refractivity contribution in [1.82, 2.24) is 4.98 Å². The standard InChI is InChI=1S/C18H20ClN3O2S/c1-11(2)14-4-13(6-20)18(16-7-21-17(19)5-15(14)16)22-8-12(9-22)10-25(3,23)24/h4-5,7,11-12H,8-10H2,1-3H3. The number of benzene rings is 1. The van der Waals surface area contributed by atoms with E-state index in [0.717, 1.165) is 22.0 Å². The molecule has 0 spiro atoms. The van der Waals surface area contributed by atoms with Crippen LogP contribution in [0.2, 0.25) is 5.15 Å². The first-order valence-electron chi connectivity index (χ1n) is 8.14. The van der Waals surface area contributed by atoms with Gasteiger partial charge in [0.2, 0.25) is 0 Å². The highest BCUT2D eigenvalue weighted by Gasteiger charge is 2.32. The molecule has 1 aromatic heterocycles. The fourth-order valence-electron chi connectivity index (χ4n) is 3.49. The van der Waals surface area contributed by atoms with E-state index in [4.69, 9.17) is 11.6 Å². The molecule has 0 bridgehead atoms. The Labute approximate surface area is 153 Å². The van der Waals surface area contributed by atoms with Gasteiger partial charge in [-0.25, -0.2) is 13.4 Å². The highest BCUT2D eigenvalue weighted by Crippen LogP contribution is 2.39. The van der Waals surface area contributed by atoms with Crippen LogP contribution in [-0.4, -0.2) is 38.5 Å². The molecule has 1 aromatic carbocycles. The van der Waals surface area contributed by atoms with E-state index in [0.29, 0.717) is 23.8 Å². The summed E-state index contributed by atoms with van der Waals surface area (Å²) in [6.07, 6.45) is 2.97. The number of fused-ring (bicyclic) bond motifs is 1. The molecule has 0 unspecified atom stereocenters. The Morgan fingerprint density at radius 3 is 2.60 bits per heavy atom. The van der Waals surface area contributed by atoms with Crippen LogP contribution in [0.1, 0.15) is 30.9 Å². The van der Waals surface area contributed by atoms with Crippen molar-refractivity contribution in [3.05, 3.63) is 34.6 Å². The summed E-state index contributed by atoms with van der Waals surface area (Å²) in [7, 11) is -2.99. The van der Waals surface area contributed by atoms with Gasteiger partial charge in [-0.05, 0) is 29.0 Å². The third-order valence-corrected chi connectivity index (χ3v) is 5.83. The lowest BCUT2D eigenvalue weighted by Crippen LogP contribution is -2.50. The second-order valence-electron chi connectivity index (χ2n) is 7.04. The Balaban J connectivity index is 2.07. The predicted molar refractivity (Wildman–Crippen MR) is 101 cm³/mol. The Morgan fingerprint density at radius 2 is 2.04 bits per heavy atom. The van der Waals surface area contributed by atoms with Gasteiger partial charge in [-0.3, -0.25) is 0 Å². The summed E-state index contributed by atoms with van der Waals surface area (Å²) in [4.78, 5) is 6.26. The van der Waals surface area contributed by atoms with E-state index in [-0.39, 0.29) is 17.6 Å². The van der Waals surface area contributed by atoms with Crippen LogP contribution in [0.25, 0.3) is 10.8 Å². The molecule has 1 aliphatic rings. The molecule has 0 saturated carbocycles. The lowest BCUT2D eigenvalue weighted by atomic mass is 9.91. The van der Waals surface area contributed by atoms with Crippen molar-refractivity contribution in [3.8, 4) is 6.07 Å². The van der Waals surface area contributed by atoms with Crippen molar-refractivity contribution in [3.63, 3.8) is 0 Å². The van der Waals surface area contributed by atoms with Crippen LogP contribution < -0.4 is 4.90 Å². The summed E-state index contributed by atoms with van der Waals surface area (Å²) < 4.78 is 22.9. The van der Waals surface area contributed by atoms with E-state index in [1.165, 1.54) is 6.26 Å². The van der Waals surface area contributed by atoms with Crippen LogP contribution in [0.5, 0.6) is 0 Å². The molecule has 7 heteroatoms. The third-order valence-electron chi connectivity index (χ3n) is 4.55. The van der Waals surface area contributed by atoms with E-state index in [1.54, 1.807) is 6.20 Å². The van der Waals surface area contributed by atoms with E-state index >= 15 is 0 Å². The van der Waals surface area contributed by atoms with Crippen molar-refractivity contribution in [2.75, 3.05) is 30.0 Å². The number of nitrogens with zero attached hydrogens (tertiary/aromatic N) is 3. The fraction of sp³-hybridized carbons (Fsp3) is 0.444. The Morgan fingerprint density at radius 1 is 1.36 bits per heavy atom. The van der Waals surface area contributed by atoms with Crippen molar-refractivity contribution >= 4 is 37.9 Å². The van der Waals surface area contributed by atoms with Crippen LogP contribution >= 0.6 is 11.6 Å². The highest BCUT2D eigenvalue weighted by molar-refractivity contribution is 7.90. The van der Waals surface area contributed by atoms with Crippen molar-refractivity contribution < 1.29 is 8.42 Å². The monoisotopic (exact) mass is 377 g/mol. The molecule has 1 saturated heterocycles. The molecule has 0 aliphatic carbocycles. The second kappa shape index (κ2) is 6.47. The zero-order valence-electron chi connectivity index (χ0n) is 14.5. The van der Waals surface area contributed by atoms with Gasteiger partial charge < -0.3 is 4.90 Å². The quantitative estimate of drug-likeness (QED) is 0.764. The smallest absolute Gasteiger partial charge is 0.147 e. The lowest BCUT2D eigenvalue weighted by Gasteiger charge is -2.42. The number of nitriles is 1. The molecule has 5 nitrogen and oxygen atoms in total. The Kier molecular flexibility index (Phi) is 4.65. The highest BCUT2D eigenvalue weighted by atomic mass is 35.5. The van der Waals surface area contributed by atoms with E-state index in [9.17, 15) is 13.7 Å². The summed E-state index contributed by atoms with van der Waals surface area (Å²) in [6, 6.07) is 6.05. The molecule has 0 atom stereocenters. The van der Waals surface area contributed by atoms with Gasteiger partial charge in [-0.2, -0.15) is 5.26 Å². The average Bonchev–Trinajstić information content (AvgIpc) is 2.48. The van der Waals surface area contributed by atoms with E-state index in [2.05, 4.69) is 29.8 Å². The first-order valence-corrected chi connectivity index (χ1v) is 10.6. The molecule has 2 heterocycles. The van der Waals surface area contributed by atoms with Crippen LogP contribution in [-0.2, 0) is 9.84 Å². The van der Waals surface area contributed by atoms with Crippen LogP contribution in [0, 0.1) is 17.2 Å². The summed E-state index contributed by atoms with van der Waals surface area (Å²) in [6.45, 7) is 5.41. The molecule has 0 radical (unpaired) electrons. The number of hydrogen-bond acceptors (Lipinski definition) is 5.